The molecule has 68 valence electrons. The molecule has 1 unspecified atom stereocenters. The van der Waals surface area contributed by atoms with Gasteiger partial charge in [-0.1, -0.05) is 30.5 Å². The molecule has 0 amide bonds. The van der Waals surface area contributed by atoms with E-state index in [0.717, 1.165) is 0 Å². The van der Waals surface area contributed by atoms with Gasteiger partial charge >= 0.3 is 0 Å². The van der Waals surface area contributed by atoms with E-state index in [4.69, 9.17) is 4.52 Å². The average molecular weight is 212 g/mol. The molecule has 0 aliphatic heterocycles. The fraction of sp³-hybridized carbons (Fsp3) is 1.00. The van der Waals surface area contributed by atoms with E-state index in [1.54, 1.807) is 17.5 Å². The topological polar surface area (TPSA) is 26.3 Å². The van der Waals surface area contributed by atoms with Crippen LogP contribution in [0.3, 0.4) is 0 Å². The van der Waals surface area contributed by atoms with E-state index in [9.17, 15) is 4.57 Å². The van der Waals surface area contributed by atoms with E-state index in [1.807, 2.05) is 6.92 Å². The number of hydrogen-bond donors (Lipinski definition) is 0. The predicted octanol–water partition coefficient (Wildman–Crippen LogP) is 3.41. The van der Waals surface area contributed by atoms with Gasteiger partial charge in [-0.2, -0.15) is 0 Å². The van der Waals surface area contributed by atoms with Crippen LogP contribution in [-0.2, 0) is 9.09 Å². The van der Waals surface area contributed by atoms with Crippen LogP contribution >= 0.6 is 17.4 Å². The molecule has 1 atom stereocenters. The summed E-state index contributed by atoms with van der Waals surface area (Å²) in [5, 5.41) is 0. The summed E-state index contributed by atoms with van der Waals surface area (Å²) in [7, 11) is 0.255. The molecular weight excluding hydrogens is 195 g/mol. The fourth-order valence-electron chi connectivity index (χ4n) is 0.758. The highest BCUT2D eigenvalue weighted by Gasteiger charge is 2.26. The van der Waals surface area contributed by atoms with E-state index in [0.29, 0.717) is 6.61 Å². The van der Waals surface area contributed by atoms with Crippen molar-refractivity contribution in [3.63, 3.8) is 0 Å². The summed E-state index contributed by atoms with van der Waals surface area (Å²) in [6.45, 7) is 8.32. The van der Waals surface area contributed by atoms with Crippen molar-refractivity contribution >= 4 is 24.6 Å². The molecule has 0 bridgehead atoms. The monoisotopic (exact) mass is 212 g/mol. The molecule has 0 spiro atoms. The SMILES string of the molecule is CCOP(C)(=O)S[Si](C)(C)C. The molecule has 0 aromatic carbocycles. The van der Waals surface area contributed by atoms with Crippen LogP contribution in [0, 0.1) is 0 Å². The van der Waals surface area contributed by atoms with Gasteiger partial charge in [0.05, 0.1) is 6.61 Å². The average Bonchev–Trinajstić information content (AvgIpc) is 1.55. The molecule has 0 fully saturated rings. The van der Waals surface area contributed by atoms with Crippen LogP contribution in [0.4, 0.5) is 0 Å². The quantitative estimate of drug-likeness (QED) is 0.527. The van der Waals surface area contributed by atoms with Crippen molar-refractivity contribution in [2.45, 2.75) is 26.6 Å². The summed E-state index contributed by atoms with van der Waals surface area (Å²) in [6.07, 6.45) is 0. The van der Waals surface area contributed by atoms with Crippen LogP contribution in [0.5, 0.6) is 0 Å². The molecule has 11 heavy (non-hydrogen) atoms. The third-order valence-corrected chi connectivity index (χ3v) is 13.3. The van der Waals surface area contributed by atoms with Gasteiger partial charge in [0.15, 0.2) is 0 Å². The van der Waals surface area contributed by atoms with Crippen molar-refractivity contribution in [2.75, 3.05) is 13.3 Å². The molecule has 0 saturated carbocycles. The summed E-state index contributed by atoms with van der Waals surface area (Å²) in [5.74, 6) is 0. The Hall–Kier alpha value is 0.757. The Balaban J connectivity index is 4.03. The van der Waals surface area contributed by atoms with Gasteiger partial charge in [0.2, 0.25) is 6.57 Å². The van der Waals surface area contributed by atoms with Gasteiger partial charge < -0.3 is 4.52 Å². The van der Waals surface area contributed by atoms with Crippen molar-refractivity contribution in [2.24, 2.45) is 0 Å². The second-order valence-corrected chi connectivity index (χ2v) is 17.5. The first-order valence-electron chi connectivity index (χ1n) is 3.69. The molecular formula is C6H17O2PSSi. The Morgan fingerprint density at radius 1 is 1.45 bits per heavy atom. The molecule has 0 aliphatic carbocycles. The zero-order valence-electron chi connectivity index (χ0n) is 7.88. The van der Waals surface area contributed by atoms with Crippen LogP contribution in [0.1, 0.15) is 6.92 Å². The minimum atomic E-state index is -2.34. The largest absolute Gasteiger partial charge is 0.322 e. The third kappa shape index (κ3) is 7.13. The Morgan fingerprint density at radius 2 is 1.91 bits per heavy atom. The maximum Gasteiger partial charge on any atom is 0.249 e. The van der Waals surface area contributed by atoms with E-state index in [1.165, 1.54) is 0 Å². The van der Waals surface area contributed by atoms with Crippen LogP contribution in [0.15, 0.2) is 0 Å². The lowest BCUT2D eigenvalue weighted by Crippen LogP contribution is -2.13. The minimum absolute atomic E-state index is 0.547. The highest BCUT2D eigenvalue weighted by Crippen LogP contribution is 2.59. The van der Waals surface area contributed by atoms with Crippen molar-refractivity contribution in [3.05, 3.63) is 0 Å². The van der Waals surface area contributed by atoms with Crippen LogP contribution < -0.4 is 0 Å². The Morgan fingerprint density at radius 3 is 2.18 bits per heavy atom. The molecule has 0 aromatic rings. The van der Waals surface area contributed by atoms with Gasteiger partial charge in [-0.25, -0.2) is 0 Å². The third-order valence-electron chi connectivity index (χ3n) is 0.803. The highest BCUT2D eigenvalue weighted by atomic mass is 32.9. The van der Waals surface area contributed by atoms with Gasteiger partial charge in [-0.3, -0.25) is 4.57 Å². The molecule has 0 saturated heterocycles. The summed E-state index contributed by atoms with van der Waals surface area (Å²) in [5.41, 5.74) is 0. The second kappa shape index (κ2) is 4.12. The van der Waals surface area contributed by atoms with Crippen LogP contribution in [0.2, 0.25) is 19.6 Å². The van der Waals surface area contributed by atoms with Crippen molar-refractivity contribution in [3.8, 4) is 0 Å². The molecule has 0 aliphatic rings. The van der Waals surface area contributed by atoms with Crippen LogP contribution in [0.25, 0.3) is 0 Å². The lowest BCUT2D eigenvalue weighted by Gasteiger charge is -2.20. The first-order chi connectivity index (χ1) is 4.77. The predicted molar refractivity (Wildman–Crippen MR) is 56.1 cm³/mol. The molecule has 0 N–H and O–H groups in total. The van der Waals surface area contributed by atoms with Gasteiger partial charge in [0.25, 0.3) is 0 Å². The molecule has 0 radical (unpaired) electrons. The summed E-state index contributed by atoms with van der Waals surface area (Å²) >= 11 is 0. The van der Waals surface area contributed by atoms with Gasteiger partial charge in [0, 0.05) is 6.66 Å². The highest BCUT2D eigenvalue weighted by molar-refractivity contribution is 8.71. The Bertz CT molecular complexity index is 166. The van der Waals surface area contributed by atoms with Crippen molar-refractivity contribution in [1.29, 1.82) is 0 Å². The van der Waals surface area contributed by atoms with Crippen molar-refractivity contribution in [1.82, 2.24) is 0 Å². The molecule has 0 heterocycles. The standard InChI is InChI=1S/C6H17O2PSSi/c1-6-8-9(2,7)10-11(3,4)5/h6H2,1-5H3. The van der Waals surface area contributed by atoms with E-state index in [-0.39, 0.29) is 0 Å². The second-order valence-electron chi connectivity index (χ2n) is 3.39. The molecule has 5 heteroatoms. The minimum Gasteiger partial charge on any atom is -0.322 e. The summed E-state index contributed by atoms with van der Waals surface area (Å²) in [6, 6.07) is 0. The smallest absolute Gasteiger partial charge is 0.249 e. The Labute approximate surface area is 73.9 Å². The zero-order valence-corrected chi connectivity index (χ0v) is 10.6. The summed E-state index contributed by atoms with van der Waals surface area (Å²) < 4.78 is 16.8. The normalized spacial score (nSPS) is 17.9. The maximum absolute atomic E-state index is 11.6. The first-order valence-corrected chi connectivity index (χ1v) is 11.4. The molecule has 0 rings (SSSR count). The van der Waals surface area contributed by atoms with Gasteiger partial charge in [-0.05, 0) is 6.92 Å². The van der Waals surface area contributed by atoms with E-state index < -0.39 is 13.8 Å². The van der Waals surface area contributed by atoms with Gasteiger partial charge in [0.1, 0.15) is 7.22 Å². The number of hydrogen-bond acceptors (Lipinski definition) is 3. The maximum atomic E-state index is 11.6. The molecule has 0 aromatic heterocycles. The zero-order chi connectivity index (χ0) is 9.12. The van der Waals surface area contributed by atoms with Gasteiger partial charge in [-0.15, -0.1) is 0 Å². The summed E-state index contributed by atoms with van der Waals surface area (Å²) in [4.78, 5) is 0. The lowest BCUT2D eigenvalue weighted by molar-refractivity contribution is 0.350. The lowest BCUT2D eigenvalue weighted by atomic mass is 10.9. The van der Waals surface area contributed by atoms with E-state index >= 15 is 0 Å². The fourth-order valence-corrected chi connectivity index (χ4v) is 15.2. The molecule has 2 nitrogen and oxygen atoms in total. The Kier molecular flexibility index (Phi) is 4.41. The van der Waals surface area contributed by atoms with E-state index in [2.05, 4.69) is 19.6 Å². The number of rotatable bonds is 4. The van der Waals surface area contributed by atoms with Crippen LogP contribution in [-0.4, -0.2) is 20.5 Å². The first kappa shape index (κ1) is 11.8. The van der Waals surface area contributed by atoms with Crippen molar-refractivity contribution < 1.29 is 9.09 Å².